The number of esters is 1. The van der Waals surface area contributed by atoms with Crippen molar-refractivity contribution in [3.8, 4) is 0 Å². The Hall–Kier alpha value is -0.790. The van der Waals surface area contributed by atoms with Gasteiger partial charge in [0.05, 0.1) is 0 Å². The Kier molecular flexibility index (Phi) is 5.40. The summed E-state index contributed by atoms with van der Waals surface area (Å²) in [6.07, 6.45) is 15.9. The van der Waals surface area contributed by atoms with Gasteiger partial charge in [0.25, 0.3) is 0 Å². The van der Waals surface area contributed by atoms with Crippen molar-refractivity contribution in [3.05, 3.63) is 11.6 Å². The quantitative estimate of drug-likeness (QED) is 0.284. The largest absolute Gasteiger partial charge is 0.462 e. The van der Waals surface area contributed by atoms with E-state index in [0.29, 0.717) is 27.6 Å². The van der Waals surface area contributed by atoms with Crippen molar-refractivity contribution >= 4 is 5.97 Å². The van der Waals surface area contributed by atoms with Crippen molar-refractivity contribution in [2.24, 2.45) is 50.2 Å². The number of carbonyl (C=O) groups excluding carboxylic acids is 1. The summed E-state index contributed by atoms with van der Waals surface area (Å²) in [7, 11) is 0. The number of fused-ring (bicyclic) bond motifs is 7. The van der Waals surface area contributed by atoms with Gasteiger partial charge in [0.1, 0.15) is 6.10 Å². The van der Waals surface area contributed by atoms with Gasteiger partial charge in [-0.25, -0.2) is 0 Å². The molecule has 0 amide bonds. The van der Waals surface area contributed by atoms with E-state index >= 15 is 0 Å². The van der Waals surface area contributed by atoms with Gasteiger partial charge in [0.2, 0.25) is 0 Å². The molecule has 0 heterocycles. The van der Waals surface area contributed by atoms with Crippen molar-refractivity contribution < 1.29 is 9.53 Å². The normalized spacial score (nSPS) is 51.1. The Morgan fingerprint density at radius 3 is 2.24 bits per heavy atom. The van der Waals surface area contributed by atoms with Gasteiger partial charge in [0.15, 0.2) is 0 Å². The molecular formula is C32H52O2. The van der Waals surface area contributed by atoms with Gasteiger partial charge in [-0.3, -0.25) is 4.79 Å². The molecule has 0 N–H and O–H groups in total. The van der Waals surface area contributed by atoms with Crippen molar-refractivity contribution in [2.45, 2.75) is 133 Å². The molecule has 0 spiro atoms. The molecule has 0 radical (unpaired) electrons. The third-order valence-corrected chi connectivity index (χ3v) is 13.2. The summed E-state index contributed by atoms with van der Waals surface area (Å²) in [5, 5.41) is 0. The molecule has 5 aliphatic rings. The van der Waals surface area contributed by atoms with E-state index in [4.69, 9.17) is 4.74 Å². The van der Waals surface area contributed by atoms with E-state index in [9.17, 15) is 4.79 Å². The zero-order valence-electron chi connectivity index (χ0n) is 23.8. The van der Waals surface area contributed by atoms with Gasteiger partial charge in [-0.2, -0.15) is 0 Å². The molecule has 5 aliphatic carbocycles. The number of allylic oxidation sites excluding steroid dienone is 2. The monoisotopic (exact) mass is 468 g/mol. The van der Waals surface area contributed by atoms with Crippen molar-refractivity contribution in [3.63, 3.8) is 0 Å². The molecule has 0 aromatic heterocycles. The van der Waals surface area contributed by atoms with E-state index in [1.807, 2.05) is 0 Å². The molecule has 8 unspecified atom stereocenters. The van der Waals surface area contributed by atoms with Crippen LogP contribution in [-0.2, 0) is 9.53 Å². The second kappa shape index (κ2) is 7.38. The minimum atomic E-state index is -0.117. The molecule has 0 saturated heterocycles. The summed E-state index contributed by atoms with van der Waals surface area (Å²) in [5.41, 5.74) is 3.75. The first-order chi connectivity index (χ1) is 15.6. The summed E-state index contributed by atoms with van der Waals surface area (Å²) in [6, 6.07) is 0. The van der Waals surface area contributed by atoms with Crippen LogP contribution >= 0.6 is 0 Å². The maximum Gasteiger partial charge on any atom is 0.302 e. The lowest BCUT2D eigenvalue weighted by molar-refractivity contribution is -0.188. The van der Waals surface area contributed by atoms with Crippen LogP contribution in [0.15, 0.2) is 11.6 Å². The molecule has 8 atom stereocenters. The fraction of sp³-hybridized carbons (Fsp3) is 0.906. The van der Waals surface area contributed by atoms with Gasteiger partial charge in [-0.1, -0.05) is 73.5 Å². The fourth-order valence-corrected chi connectivity index (χ4v) is 11.0. The predicted molar refractivity (Wildman–Crippen MR) is 140 cm³/mol. The summed E-state index contributed by atoms with van der Waals surface area (Å²) in [5.74, 6) is 2.19. The summed E-state index contributed by atoms with van der Waals surface area (Å²) < 4.78 is 5.92. The number of ether oxygens (including phenoxy) is 1. The first-order valence-corrected chi connectivity index (χ1v) is 14.5. The van der Waals surface area contributed by atoms with E-state index in [0.717, 1.165) is 24.7 Å². The first kappa shape index (κ1) is 24.9. The van der Waals surface area contributed by atoms with Crippen LogP contribution < -0.4 is 0 Å². The Morgan fingerprint density at radius 1 is 0.853 bits per heavy atom. The lowest BCUT2D eigenvalue weighted by Gasteiger charge is -2.71. The fourth-order valence-electron chi connectivity index (χ4n) is 11.0. The molecular weight excluding hydrogens is 416 g/mol. The zero-order chi connectivity index (χ0) is 24.9. The molecule has 0 aromatic carbocycles. The Morgan fingerprint density at radius 2 is 1.56 bits per heavy atom. The van der Waals surface area contributed by atoms with Gasteiger partial charge in [-0.15, -0.1) is 0 Å². The van der Waals surface area contributed by atoms with Crippen LogP contribution in [0.4, 0.5) is 0 Å². The summed E-state index contributed by atoms with van der Waals surface area (Å²) >= 11 is 0. The first-order valence-electron chi connectivity index (χ1n) is 14.5. The topological polar surface area (TPSA) is 26.3 Å². The third kappa shape index (κ3) is 3.21. The van der Waals surface area contributed by atoms with Crippen LogP contribution in [0.25, 0.3) is 0 Å². The van der Waals surface area contributed by atoms with Crippen LogP contribution in [0.3, 0.4) is 0 Å². The van der Waals surface area contributed by atoms with Crippen molar-refractivity contribution in [1.82, 2.24) is 0 Å². The maximum absolute atomic E-state index is 11.9. The predicted octanol–water partition coefficient (Wildman–Crippen LogP) is 8.74. The number of rotatable bonds is 1. The number of carbonyl (C=O) groups is 1. The second-order valence-electron chi connectivity index (χ2n) is 15.8. The van der Waals surface area contributed by atoms with Gasteiger partial charge >= 0.3 is 5.97 Å². The average molecular weight is 469 g/mol. The lowest BCUT2D eigenvalue weighted by Crippen LogP contribution is -2.63. The molecule has 2 heteroatoms. The Balaban J connectivity index is 1.53. The van der Waals surface area contributed by atoms with Crippen LogP contribution in [0.5, 0.6) is 0 Å². The highest BCUT2D eigenvalue weighted by Crippen LogP contribution is 2.75. The van der Waals surface area contributed by atoms with Crippen molar-refractivity contribution in [1.29, 1.82) is 0 Å². The number of hydrogen-bond acceptors (Lipinski definition) is 2. The SMILES string of the molecule is CC(=O)OC1CC2(C)CCC3(C)C(=CCC4C5(C)CCCC(C)(C)C5CCC43C)C2CC1(C)C. The smallest absolute Gasteiger partial charge is 0.302 e. The molecule has 0 aromatic rings. The van der Waals surface area contributed by atoms with Crippen LogP contribution in [0.2, 0.25) is 0 Å². The lowest BCUT2D eigenvalue weighted by atomic mass is 9.34. The molecule has 4 fully saturated rings. The van der Waals surface area contributed by atoms with Crippen LogP contribution in [0, 0.1) is 50.2 Å². The van der Waals surface area contributed by atoms with Crippen molar-refractivity contribution in [2.75, 3.05) is 0 Å². The maximum atomic E-state index is 11.9. The van der Waals surface area contributed by atoms with E-state index < -0.39 is 0 Å². The highest BCUT2D eigenvalue weighted by atomic mass is 16.5. The van der Waals surface area contributed by atoms with E-state index in [1.165, 1.54) is 51.4 Å². The highest BCUT2D eigenvalue weighted by Gasteiger charge is 2.67. The second-order valence-corrected chi connectivity index (χ2v) is 15.8. The number of hydrogen-bond donors (Lipinski definition) is 0. The third-order valence-electron chi connectivity index (χ3n) is 13.2. The van der Waals surface area contributed by atoms with E-state index in [1.54, 1.807) is 12.5 Å². The molecule has 34 heavy (non-hydrogen) atoms. The standard InChI is InChI=1S/C32H52O2/c1-21(33)34-26-20-29(6)17-18-31(8)22(23(29)19-28(26,4)5)11-12-25-30(7)15-10-14-27(2,3)24(30)13-16-32(25,31)9/h11,23-26H,10,12-20H2,1-9H3. The van der Waals surface area contributed by atoms with Crippen LogP contribution in [0.1, 0.15) is 127 Å². The van der Waals surface area contributed by atoms with Gasteiger partial charge in [0, 0.05) is 12.3 Å². The van der Waals surface area contributed by atoms with E-state index in [-0.39, 0.29) is 22.9 Å². The molecule has 0 aliphatic heterocycles. The molecule has 2 nitrogen and oxygen atoms in total. The summed E-state index contributed by atoms with van der Waals surface area (Å²) in [4.78, 5) is 11.9. The minimum absolute atomic E-state index is 0.0315. The average Bonchev–Trinajstić information content (AvgIpc) is 2.69. The minimum Gasteiger partial charge on any atom is -0.462 e. The zero-order valence-corrected chi connectivity index (χ0v) is 23.8. The van der Waals surface area contributed by atoms with E-state index in [2.05, 4.69) is 61.5 Å². The Bertz CT molecular complexity index is 897. The molecule has 192 valence electrons. The molecule has 5 rings (SSSR count). The highest BCUT2D eigenvalue weighted by molar-refractivity contribution is 5.66. The Labute approximate surface area is 210 Å². The van der Waals surface area contributed by atoms with Gasteiger partial charge in [-0.05, 0) is 103 Å². The van der Waals surface area contributed by atoms with Crippen LogP contribution in [-0.4, -0.2) is 12.1 Å². The summed E-state index contributed by atoms with van der Waals surface area (Å²) in [6.45, 7) is 22.0. The molecule has 0 bridgehead atoms. The van der Waals surface area contributed by atoms with Gasteiger partial charge < -0.3 is 4.74 Å². The molecule has 4 saturated carbocycles.